The molecule has 0 saturated carbocycles. The number of methoxy groups -OCH3 is 1. The second kappa shape index (κ2) is 11.2. The number of amides is 1. The lowest BCUT2D eigenvalue weighted by atomic mass is 10.00. The lowest BCUT2D eigenvalue weighted by molar-refractivity contribution is -0.138. The van der Waals surface area contributed by atoms with Gasteiger partial charge in [0.05, 0.1) is 19.6 Å². The van der Waals surface area contributed by atoms with Crippen LogP contribution in [0.1, 0.15) is 64.6 Å². The number of rotatable bonds is 10. The fourth-order valence-corrected chi connectivity index (χ4v) is 5.44. The van der Waals surface area contributed by atoms with Crippen LogP contribution < -0.4 is 10.1 Å². The Labute approximate surface area is 221 Å². The van der Waals surface area contributed by atoms with Crippen LogP contribution in [-0.4, -0.2) is 51.6 Å². The number of hydrogen-bond donors (Lipinski definition) is 2. The van der Waals surface area contributed by atoms with Crippen LogP contribution in [0.15, 0.2) is 42.6 Å². The van der Waals surface area contributed by atoms with Crippen LogP contribution in [0.2, 0.25) is 0 Å². The lowest BCUT2D eigenvalue weighted by Gasteiger charge is -2.35. The molecule has 1 amide bonds. The smallest absolute Gasteiger partial charge is 0.305 e. The van der Waals surface area contributed by atoms with Gasteiger partial charge in [0, 0.05) is 31.5 Å². The van der Waals surface area contributed by atoms with Gasteiger partial charge in [-0.2, -0.15) is 0 Å². The zero-order valence-corrected chi connectivity index (χ0v) is 21.6. The Hall–Kier alpha value is -3.88. The first-order valence-corrected chi connectivity index (χ1v) is 13.2. The first-order valence-electron chi connectivity index (χ1n) is 13.2. The Morgan fingerprint density at radius 3 is 2.82 bits per heavy atom. The lowest BCUT2D eigenvalue weighted by Crippen LogP contribution is -2.43. The minimum Gasteiger partial charge on any atom is -0.494 e. The number of nitrogens with one attached hydrogen (secondary N) is 1. The highest BCUT2D eigenvalue weighted by molar-refractivity contribution is 5.94. The molecule has 3 aromatic rings. The third-order valence-electron chi connectivity index (χ3n) is 7.42. The number of pyridine rings is 1. The second-order valence-electron chi connectivity index (χ2n) is 9.98. The molecule has 1 atom stereocenters. The zero-order chi connectivity index (χ0) is 26.6. The minimum atomic E-state index is -1.05. The van der Waals surface area contributed by atoms with Gasteiger partial charge in [-0.05, 0) is 79.5 Å². The summed E-state index contributed by atoms with van der Waals surface area (Å²) in [6.07, 6.45) is 7.66. The maximum absolute atomic E-state index is 14.4. The molecule has 8 nitrogen and oxygen atoms in total. The predicted octanol–water partition coefficient (Wildman–Crippen LogP) is 4.63. The van der Waals surface area contributed by atoms with E-state index < -0.39 is 17.8 Å². The van der Waals surface area contributed by atoms with Gasteiger partial charge in [-0.3, -0.25) is 9.59 Å². The number of ether oxygens (including phenoxy) is 1. The van der Waals surface area contributed by atoms with Gasteiger partial charge in [0.2, 0.25) is 0 Å². The normalized spacial score (nSPS) is 15.4. The molecule has 9 heteroatoms. The number of carbonyl (C=O) groups is 2. The summed E-state index contributed by atoms with van der Waals surface area (Å²) >= 11 is 0. The number of halogens is 1. The van der Waals surface area contributed by atoms with Gasteiger partial charge >= 0.3 is 5.97 Å². The number of carboxylic acids is 1. The predicted molar refractivity (Wildman–Crippen MR) is 141 cm³/mol. The minimum absolute atomic E-state index is 0.0744. The van der Waals surface area contributed by atoms with Gasteiger partial charge < -0.3 is 24.6 Å². The van der Waals surface area contributed by atoms with E-state index in [4.69, 9.17) is 9.72 Å². The van der Waals surface area contributed by atoms with Gasteiger partial charge in [0.1, 0.15) is 11.5 Å². The third kappa shape index (κ3) is 5.51. The molecule has 2 aliphatic heterocycles. The number of carbonyl (C=O) groups excluding carboxylic acids is 1. The van der Waals surface area contributed by atoms with Crippen LogP contribution in [0, 0.1) is 5.82 Å². The highest BCUT2D eigenvalue weighted by Gasteiger charge is 2.33. The molecule has 5 rings (SSSR count). The standard InChI is InChI=1S/C29H33FN4O4/c1-38-26-11-9-21(16-23(26)30)24(17-27(35)36)34-14-13-33-18-19(15-25(33)29(34)37)5-2-3-7-22-10-8-20-6-4-12-31-28(20)32-22/h8-11,15-16,18,24H,2-7,12-14,17H2,1H3,(H,31,32)(H,35,36). The van der Waals surface area contributed by atoms with Crippen molar-refractivity contribution in [2.45, 2.75) is 57.5 Å². The van der Waals surface area contributed by atoms with E-state index >= 15 is 0 Å². The monoisotopic (exact) mass is 520 g/mol. The van der Waals surface area contributed by atoms with Gasteiger partial charge in [-0.15, -0.1) is 0 Å². The Balaban J connectivity index is 1.23. The number of anilines is 1. The van der Waals surface area contributed by atoms with Crippen molar-refractivity contribution >= 4 is 17.7 Å². The van der Waals surface area contributed by atoms with Crippen molar-refractivity contribution in [1.29, 1.82) is 0 Å². The molecule has 2 aliphatic rings. The van der Waals surface area contributed by atoms with Crippen LogP contribution in [0.25, 0.3) is 0 Å². The van der Waals surface area contributed by atoms with Crippen molar-refractivity contribution in [3.63, 3.8) is 0 Å². The van der Waals surface area contributed by atoms with E-state index in [2.05, 4.69) is 17.4 Å². The number of aromatic nitrogens is 2. The maximum Gasteiger partial charge on any atom is 0.305 e. The van der Waals surface area contributed by atoms with E-state index in [1.54, 1.807) is 11.0 Å². The van der Waals surface area contributed by atoms with Crippen LogP contribution in [0.5, 0.6) is 5.75 Å². The highest BCUT2D eigenvalue weighted by atomic mass is 19.1. The molecule has 0 saturated heterocycles. The average molecular weight is 521 g/mol. The summed E-state index contributed by atoms with van der Waals surface area (Å²) < 4.78 is 21.3. The van der Waals surface area contributed by atoms with Crippen molar-refractivity contribution in [2.24, 2.45) is 0 Å². The molecule has 38 heavy (non-hydrogen) atoms. The number of nitrogens with zero attached hydrogens (tertiary/aromatic N) is 3. The van der Waals surface area contributed by atoms with Gasteiger partial charge in [0.15, 0.2) is 11.6 Å². The summed E-state index contributed by atoms with van der Waals surface area (Å²) in [6, 6.07) is 9.78. The fourth-order valence-electron chi connectivity index (χ4n) is 5.44. The van der Waals surface area contributed by atoms with Gasteiger partial charge in [-0.1, -0.05) is 12.1 Å². The molecule has 0 spiro atoms. The summed E-state index contributed by atoms with van der Waals surface area (Å²) in [5.41, 5.74) is 4.45. The summed E-state index contributed by atoms with van der Waals surface area (Å²) in [5.74, 6) is -0.779. The molecule has 2 N–H and O–H groups in total. The third-order valence-corrected chi connectivity index (χ3v) is 7.42. The zero-order valence-electron chi connectivity index (χ0n) is 21.6. The molecule has 1 unspecified atom stereocenters. The SMILES string of the molecule is COc1ccc(C(CC(=O)O)N2CCn3cc(CCCCc4ccc5c(n4)NCCC5)cc3C2=O)cc1F. The molecular formula is C29H33FN4O4. The summed E-state index contributed by atoms with van der Waals surface area (Å²) in [5, 5.41) is 12.9. The topological polar surface area (TPSA) is 96.7 Å². The fraction of sp³-hybridized carbons (Fsp3) is 0.414. The second-order valence-corrected chi connectivity index (χ2v) is 9.98. The molecular weight excluding hydrogens is 487 g/mol. The first-order chi connectivity index (χ1) is 18.4. The maximum atomic E-state index is 14.4. The van der Waals surface area contributed by atoms with Crippen molar-refractivity contribution in [3.8, 4) is 5.75 Å². The highest BCUT2D eigenvalue weighted by Crippen LogP contribution is 2.32. The number of aryl methyl sites for hydroxylation is 3. The number of unbranched alkanes of at least 4 members (excludes halogenated alkanes) is 1. The van der Waals surface area contributed by atoms with Crippen LogP contribution >= 0.6 is 0 Å². The molecule has 0 bridgehead atoms. The van der Waals surface area contributed by atoms with Gasteiger partial charge in [0.25, 0.3) is 5.91 Å². The number of benzene rings is 1. The largest absolute Gasteiger partial charge is 0.494 e. The van der Waals surface area contributed by atoms with E-state index in [1.165, 1.54) is 24.8 Å². The van der Waals surface area contributed by atoms with E-state index in [0.717, 1.165) is 62.1 Å². The quantitative estimate of drug-likeness (QED) is 0.379. The first kappa shape index (κ1) is 25.8. The molecule has 0 aliphatic carbocycles. The van der Waals surface area contributed by atoms with Crippen molar-refractivity contribution < 1.29 is 23.8 Å². The summed E-state index contributed by atoms with van der Waals surface area (Å²) in [4.78, 5) is 31.4. The Bertz CT molecular complexity index is 1340. The van der Waals surface area contributed by atoms with Crippen molar-refractivity contribution in [2.75, 3.05) is 25.5 Å². The Morgan fingerprint density at radius 2 is 2.03 bits per heavy atom. The molecule has 2 aromatic heterocycles. The van der Waals surface area contributed by atoms with Crippen LogP contribution in [0.4, 0.5) is 10.2 Å². The number of hydrogen-bond acceptors (Lipinski definition) is 5. The van der Waals surface area contributed by atoms with Crippen molar-refractivity contribution in [1.82, 2.24) is 14.5 Å². The molecule has 1 aromatic carbocycles. The molecule has 4 heterocycles. The molecule has 0 radical (unpaired) electrons. The number of fused-ring (bicyclic) bond motifs is 2. The van der Waals surface area contributed by atoms with Crippen LogP contribution in [0.3, 0.4) is 0 Å². The number of aliphatic carboxylic acids is 1. The van der Waals surface area contributed by atoms with E-state index in [0.29, 0.717) is 24.3 Å². The average Bonchev–Trinajstić information content (AvgIpc) is 3.34. The van der Waals surface area contributed by atoms with Crippen molar-refractivity contribution in [3.05, 3.63) is 76.5 Å². The Morgan fingerprint density at radius 1 is 1.18 bits per heavy atom. The Kier molecular flexibility index (Phi) is 7.62. The summed E-state index contributed by atoms with van der Waals surface area (Å²) in [6.45, 7) is 1.89. The van der Waals surface area contributed by atoms with Gasteiger partial charge in [-0.25, -0.2) is 9.37 Å². The number of carboxylic acid groups (broad SMARTS) is 1. The molecule has 200 valence electrons. The molecule has 0 fully saturated rings. The van der Waals surface area contributed by atoms with E-state index in [9.17, 15) is 19.1 Å². The van der Waals surface area contributed by atoms with Crippen LogP contribution in [-0.2, 0) is 30.6 Å². The van der Waals surface area contributed by atoms with E-state index in [1.807, 2.05) is 16.8 Å². The van der Waals surface area contributed by atoms with E-state index in [-0.39, 0.29) is 18.1 Å². The summed E-state index contributed by atoms with van der Waals surface area (Å²) in [7, 11) is 1.37.